The van der Waals surface area contributed by atoms with Gasteiger partial charge in [-0.15, -0.1) is 0 Å². The first kappa shape index (κ1) is 30.8. The molecule has 4 rings (SSSR count). The number of imidazole rings is 1. The van der Waals surface area contributed by atoms with E-state index in [9.17, 15) is 14.4 Å². The number of amides is 3. The lowest BCUT2D eigenvalue weighted by Gasteiger charge is -2.35. The number of rotatable bonds is 7. The summed E-state index contributed by atoms with van der Waals surface area (Å²) < 4.78 is 5.36. The predicted molar refractivity (Wildman–Crippen MR) is 161 cm³/mol. The fraction of sp³-hybridized carbons (Fsp3) is 0.531. The van der Waals surface area contributed by atoms with Gasteiger partial charge in [0.1, 0.15) is 11.7 Å². The highest BCUT2D eigenvalue weighted by molar-refractivity contribution is 6.03. The molecule has 10 nitrogen and oxygen atoms in total. The van der Waals surface area contributed by atoms with Crippen LogP contribution in [0.5, 0.6) is 0 Å². The highest BCUT2D eigenvalue weighted by Gasteiger charge is 2.31. The average molecular weight is 575 g/mol. The van der Waals surface area contributed by atoms with Crippen molar-refractivity contribution < 1.29 is 19.1 Å². The second-order valence-corrected chi connectivity index (χ2v) is 12.8. The van der Waals surface area contributed by atoms with Gasteiger partial charge in [-0.1, -0.05) is 12.1 Å². The van der Waals surface area contributed by atoms with Crippen molar-refractivity contribution in [1.29, 1.82) is 5.26 Å². The lowest BCUT2D eigenvalue weighted by Crippen LogP contribution is -2.49. The first-order valence-electron chi connectivity index (χ1n) is 14.7. The molecule has 42 heavy (non-hydrogen) atoms. The van der Waals surface area contributed by atoms with Gasteiger partial charge in [0.15, 0.2) is 11.5 Å². The van der Waals surface area contributed by atoms with E-state index in [0.717, 1.165) is 49.8 Å². The Morgan fingerprint density at radius 1 is 1.14 bits per heavy atom. The molecule has 10 heteroatoms. The van der Waals surface area contributed by atoms with Gasteiger partial charge in [-0.25, -0.2) is 9.78 Å². The van der Waals surface area contributed by atoms with Gasteiger partial charge in [0.25, 0.3) is 5.91 Å². The van der Waals surface area contributed by atoms with Crippen LogP contribution in [0.1, 0.15) is 113 Å². The second kappa shape index (κ2) is 12.8. The number of nitriles is 1. The maximum atomic E-state index is 13.1. The molecule has 1 saturated heterocycles. The highest BCUT2D eigenvalue weighted by atomic mass is 16.6. The molecule has 0 saturated carbocycles. The number of H-pyrrole nitrogens is 1. The molecular weight excluding hydrogens is 532 g/mol. The number of anilines is 1. The molecule has 1 aromatic carbocycles. The molecule has 3 amide bonds. The largest absolute Gasteiger partial charge is 0.444 e. The number of alkyl carbamates (subject to hydrolysis) is 1. The van der Waals surface area contributed by atoms with Gasteiger partial charge in [-0.05, 0) is 102 Å². The summed E-state index contributed by atoms with van der Waals surface area (Å²) in [6.45, 7) is 10.4. The summed E-state index contributed by atoms with van der Waals surface area (Å²) in [5.41, 5.74) is 2.98. The van der Waals surface area contributed by atoms with Crippen molar-refractivity contribution in [3.8, 4) is 6.07 Å². The Bertz CT molecular complexity index is 1390. The number of hydrogen-bond donors (Lipinski definition) is 3. The topological polar surface area (TPSA) is 140 Å². The smallest absolute Gasteiger partial charge is 0.408 e. The predicted octanol–water partition coefficient (Wildman–Crippen LogP) is 5.89. The van der Waals surface area contributed by atoms with Crippen molar-refractivity contribution in [3.05, 3.63) is 53.1 Å². The SMILES string of the molecule is CC(C)(CC(=O)N1CCC(c2ccc(NC(=O)c3nc(C#N)c[nH]3)c(C3=CCCCC3)c2)CC1)NC(=O)OC(C)(C)C. The summed E-state index contributed by atoms with van der Waals surface area (Å²) >= 11 is 0. The molecule has 1 aliphatic heterocycles. The van der Waals surface area contributed by atoms with E-state index in [1.807, 2.05) is 30.9 Å². The van der Waals surface area contributed by atoms with Crippen LogP contribution < -0.4 is 10.6 Å². The fourth-order valence-corrected chi connectivity index (χ4v) is 5.53. The van der Waals surface area contributed by atoms with Crippen molar-refractivity contribution >= 4 is 29.2 Å². The average Bonchev–Trinajstić information content (AvgIpc) is 3.42. The van der Waals surface area contributed by atoms with E-state index in [1.165, 1.54) is 17.3 Å². The van der Waals surface area contributed by atoms with Crippen molar-refractivity contribution in [2.45, 2.75) is 96.6 Å². The normalized spacial score (nSPS) is 16.3. The minimum absolute atomic E-state index is 0.0121. The van der Waals surface area contributed by atoms with Gasteiger partial charge in [-0.2, -0.15) is 5.26 Å². The van der Waals surface area contributed by atoms with Crippen LogP contribution in [0, 0.1) is 11.3 Å². The Morgan fingerprint density at radius 3 is 2.50 bits per heavy atom. The van der Waals surface area contributed by atoms with E-state index in [4.69, 9.17) is 10.00 Å². The van der Waals surface area contributed by atoms with Crippen LogP contribution in [-0.4, -0.2) is 57.0 Å². The number of nitrogens with one attached hydrogen (secondary N) is 3. The summed E-state index contributed by atoms with van der Waals surface area (Å²) in [4.78, 5) is 46.9. The molecule has 1 fully saturated rings. The monoisotopic (exact) mass is 574 g/mol. The summed E-state index contributed by atoms with van der Waals surface area (Å²) in [5, 5.41) is 14.9. The maximum absolute atomic E-state index is 13.1. The first-order valence-corrected chi connectivity index (χ1v) is 14.7. The number of hydrogen-bond acceptors (Lipinski definition) is 6. The Balaban J connectivity index is 1.41. The number of benzene rings is 1. The van der Waals surface area contributed by atoms with E-state index >= 15 is 0 Å². The maximum Gasteiger partial charge on any atom is 0.408 e. The molecule has 2 aromatic rings. The fourth-order valence-electron chi connectivity index (χ4n) is 5.53. The van der Waals surface area contributed by atoms with Gasteiger partial charge in [-0.3, -0.25) is 9.59 Å². The Kier molecular flexibility index (Phi) is 9.40. The number of nitrogens with zero attached hydrogens (tertiary/aromatic N) is 3. The zero-order valence-electron chi connectivity index (χ0n) is 25.3. The third kappa shape index (κ3) is 8.21. The number of likely N-dealkylation sites (tertiary alicyclic amines) is 1. The van der Waals surface area contributed by atoms with Crippen molar-refractivity contribution in [3.63, 3.8) is 0 Å². The number of aromatic amines is 1. The molecule has 2 heterocycles. The summed E-state index contributed by atoms with van der Waals surface area (Å²) in [7, 11) is 0. The highest BCUT2D eigenvalue weighted by Crippen LogP contribution is 2.37. The van der Waals surface area contributed by atoms with Crippen LogP contribution in [-0.2, 0) is 9.53 Å². The number of carbonyl (C=O) groups excluding carboxylic acids is 3. The molecule has 0 bridgehead atoms. The number of aromatic nitrogens is 2. The van der Waals surface area contributed by atoms with Crippen LogP contribution in [0.3, 0.4) is 0 Å². The molecule has 2 aliphatic rings. The number of ether oxygens (including phenoxy) is 1. The van der Waals surface area contributed by atoms with Gasteiger partial charge >= 0.3 is 6.09 Å². The van der Waals surface area contributed by atoms with E-state index in [1.54, 1.807) is 20.8 Å². The van der Waals surface area contributed by atoms with Gasteiger partial charge < -0.3 is 25.3 Å². The van der Waals surface area contributed by atoms with Crippen LogP contribution >= 0.6 is 0 Å². The van der Waals surface area contributed by atoms with E-state index in [2.05, 4.69) is 38.8 Å². The molecule has 0 atom stereocenters. The number of allylic oxidation sites excluding steroid dienone is 2. The van der Waals surface area contributed by atoms with E-state index in [-0.39, 0.29) is 29.8 Å². The second-order valence-electron chi connectivity index (χ2n) is 12.8. The van der Waals surface area contributed by atoms with Crippen molar-refractivity contribution in [1.82, 2.24) is 20.2 Å². The van der Waals surface area contributed by atoms with Crippen molar-refractivity contribution in [2.75, 3.05) is 18.4 Å². The van der Waals surface area contributed by atoms with Gasteiger partial charge in [0, 0.05) is 42.5 Å². The molecule has 1 aliphatic carbocycles. The lowest BCUT2D eigenvalue weighted by molar-refractivity contribution is -0.133. The Morgan fingerprint density at radius 2 is 1.88 bits per heavy atom. The quantitative estimate of drug-likeness (QED) is 0.377. The van der Waals surface area contributed by atoms with E-state index < -0.39 is 23.1 Å². The van der Waals surface area contributed by atoms with Crippen LogP contribution in [0.15, 0.2) is 30.5 Å². The molecular formula is C32H42N6O4. The summed E-state index contributed by atoms with van der Waals surface area (Å²) in [6, 6.07) is 8.13. The van der Waals surface area contributed by atoms with Gasteiger partial charge in [0.05, 0.1) is 0 Å². The Labute approximate surface area is 247 Å². The third-order valence-corrected chi connectivity index (χ3v) is 7.59. The minimum atomic E-state index is -0.731. The molecule has 0 radical (unpaired) electrons. The molecule has 0 spiro atoms. The minimum Gasteiger partial charge on any atom is -0.444 e. The Hall–Kier alpha value is -4.13. The first-order chi connectivity index (χ1) is 19.8. The van der Waals surface area contributed by atoms with Crippen LogP contribution in [0.25, 0.3) is 5.57 Å². The summed E-state index contributed by atoms with van der Waals surface area (Å²) in [5.74, 6) is 0.00882. The lowest BCUT2D eigenvalue weighted by atomic mass is 9.85. The van der Waals surface area contributed by atoms with Crippen LogP contribution in [0.2, 0.25) is 0 Å². The molecule has 224 valence electrons. The van der Waals surface area contributed by atoms with Crippen LogP contribution in [0.4, 0.5) is 10.5 Å². The third-order valence-electron chi connectivity index (χ3n) is 7.59. The number of piperidine rings is 1. The zero-order valence-corrected chi connectivity index (χ0v) is 25.3. The summed E-state index contributed by atoms with van der Waals surface area (Å²) in [6.07, 6.45) is 9.22. The molecule has 1 aromatic heterocycles. The standard InChI is InChI=1S/C32H42N6O4/c1-31(2,3)42-30(41)37-32(4,5)18-27(39)38-15-13-21(14-16-38)23-11-12-26(25(17-23)22-9-7-6-8-10-22)36-29(40)28-34-20-24(19-33)35-28/h9,11-12,17,20-21H,6-8,10,13-16,18H2,1-5H3,(H,34,35)(H,36,40)(H,37,41). The molecule has 3 N–H and O–H groups in total. The molecule has 0 unspecified atom stereocenters. The van der Waals surface area contributed by atoms with E-state index in [0.29, 0.717) is 13.1 Å². The zero-order chi connectivity index (χ0) is 30.5. The number of carbonyl (C=O) groups is 3. The van der Waals surface area contributed by atoms with Crippen molar-refractivity contribution in [2.24, 2.45) is 0 Å². The van der Waals surface area contributed by atoms with Gasteiger partial charge in [0.2, 0.25) is 5.91 Å².